The number of imide groups is 2. The van der Waals surface area contributed by atoms with Crippen LogP contribution in [0.25, 0.3) is 0 Å². The molecule has 0 aliphatic carbocycles. The van der Waals surface area contributed by atoms with Crippen molar-refractivity contribution in [3.63, 3.8) is 0 Å². The lowest BCUT2D eigenvalue weighted by molar-refractivity contribution is -0.124. The zero-order chi connectivity index (χ0) is 20.5. The number of carbonyl (C=O) groups excluding carboxylic acids is 5. The summed E-state index contributed by atoms with van der Waals surface area (Å²) < 4.78 is 5.19. The molecule has 1 N–H and O–H groups in total. The molecule has 29 heavy (non-hydrogen) atoms. The van der Waals surface area contributed by atoms with Gasteiger partial charge in [0.25, 0.3) is 23.0 Å². The normalized spacial score (nSPS) is 16.0. The van der Waals surface area contributed by atoms with E-state index >= 15 is 0 Å². The molecular formula is C19H15N3O6S. The van der Waals surface area contributed by atoms with Gasteiger partial charge in [0.1, 0.15) is 5.76 Å². The highest BCUT2D eigenvalue weighted by Crippen LogP contribution is 2.26. The lowest BCUT2D eigenvalue weighted by Gasteiger charge is -2.13. The lowest BCUT2D eigenvalue weighted by atomic mass is 10.1. The van der Waals surface area contributed by atoms with Gasteiger partial charge in [-0.25, -0.2) is 0 Å². The number of benzene rings is 1. The summed E-state index contributed by atoms with van der Waals surface area (Å²) in [5.41, 5.74) is 0.581. The monoisotopic (exact) mass is 413 g/mol. The highest BCUT2D eigenvalue weighted by molar-refractivity contribution is 8.14. The molecule has 10 heteroatoms. The van der Waals surface area contributed by atoms with Crippen LogP contribution in [0.5, 0.6) is 0 Å². The zero-order valence-corrected chi connectivity index (χ0v) is 15.9. The highest BCUT2D eigenvalue weighted by atomic mass is 32.2. The molecule has 1 aromatic heterocycles. The van der Waals surface area contributed by atoms with E-state index in [1.54, 1.807) is 12.1 Å². The quantitative estimate of drug-likeness (QED) is 0.713. The lowest BCUT2D eigenvalue weighted by Crippen LogP contribution is -2.37. The number of nitrogens with one attached hydrogen (secondary N) is 1. The molecule has 5 amide bonds. The third-order valence-corrected chi connectivity index (χ3v) is 5.45. The Morgan fingerprint density at radius 3 is 2.55 bits per heavy atom. The summed E-state index contributed by atoms with van der Waals surface area (Å²) in [6.45, 7) is 0.178. The summed E-state index contributed by atoms with van der Waals surface area (Å²) in [6, 6.07) is 7.60. The molecule has 3 heterocycles. The fourth-order valence-corrected chi connectivity index (χ4v) is 3.87. The molecule has 2 aliphatic heterocycles. The van der Waals surface area contributed by atoms with Crippen LogP contribution in [-0.4, -0.2) is 57.5 Å². The van der Waals surface area contributed by atoms with E-state index < -0.39 is 17.7 Å². The van der Waals surface area contributed by atoms with Gasteiger partial charge in [-0.15, -0.1) is 0 Å². The average molecular weight is 413 g/mol. The van der Waals surface area contributed by atoms with Crippen LogP contribution >= 0.6 is 11.8 Å². The predicted octanol–water partition coefficient (Wildman–Crippen LogP) is 1.50. The fraction of sp³-hybridized carbons (Fsp3) is 0.211. The number of amides is 5. The third-order valence-electron chi connectivity index (χ3n) is 4.59. The van der Waals surface area contributed by atoms with Gasteiger partial charge in [-0.3, -0.25) is 33.8 Å². The van der Waals surface area contributed by atoms with Crippen LogP contribution in [0.15, 0.2) is 41.0 Å². The Bertz CT molecular complexity index is 1020. The largest absolute Gasteiger partial charge is 0.467 e. The molecule has 0 radical (unpaired) electrons. The molecule has 1 fully saturated rings. The maximum Gasteiger partial charge on any atom is 0.288 e. The van der Waals surface area contributed by atoms with Crippen LogP contribution < -0.4 is 5.32 Å². The molecule has 1 saturated heterocycles. The highest BCUT2D eigenvalue weighted by Gasteiger charge is 2.36. The van der Waals surface area contributed by atoms with Crippen molar-refractivity contribution in [2.24, 2.45) is 0 Å². The van der Waals surface area contributed by atoms with Crippen molar-refractivity contribution in [3.8, 4) is 0 Å². The zero-order valence-electron chi connectivity index (χ0n) is 15.0. The Morgan fingerprint density at radius 2 is 1.86 bits per heavy atom. The number of rotatable bonds is 6. The number of hydrogen-bond donors (Lipinski definition) is 1. The van der Waals surface area contributed by atoms with E-state index in [1.165, 1.54) is 24.5 Å². The Morgan fingerprint density at radius 1 is 1.07 bits per heavy atom. The Balaban J connectivity index is 1.42. The van der Waals surface area contributed by atoms with E-state index in [9.17, 15) is 24.0 Å². The standard InChI is InChI=1S/C19H15N3O6S/c23-15-10-29-19(27)21(15)6-5-20-16(24)11-3-4-13-14(8-11)18(26)22(17(13)25)9-12-2-1-7-28-12/h1-4,7-8H,5-6,9-10H2,(H,20,24). The van der Waals surface area contributed by atoms with E-state index in [1.807, 2.05) is 0 Å². The topological polar surface area (TPSA) is 117 Å². The van der Waals surface area contributed by atoms with Gasteiger partial charge in [0.2, 0.25) is 5.91 Å². The van der Waals surface area contributed by atoms with Gasteiger partial charge >= 0.3 is 0 Å². The number of fused-ring (bicyclic) bond motifs is 1. The average Bonchev–Trinajstić information content (AvgIpc) is 3.40. The predicted molar refractivity (Wildman–Crippen MR) is 101 cm³/mol. The first-order chi connectivity index (χ1) is 14.0. The van der Waals surface area contributed by atoms with Crippen LogP contribution in [0, 0.1) is 0 Å². The van der Waals surface area contributed by atoms with E-state index in [4.69, 9.17) is 4.42 Å². The van der Waals surface area contributed by atoms with Crippen LogP contribution in [0.4, 0.5) is 4.79 Å². The summed E-state index contributed by atoms with van der Waals surface area (Å²) in [4.78, 5) is 62.7. The molecule has 0 spiro atoms. The minimum Gasteiger partial charge on any atom is -0.467 e. The molecule has 0 saturated carbocycles. The second kappa shape index (κ2) is 7.55. The molecule has 0 unspecified atom stereocenters. The number of furan rings is 1. The minimum atomic E-state index is -0.499. The summed E-state index contributed by atoms with van der Waals surface area (Å²) in [6.07, 6.45) is 1.46. The number of nitrogens with zero attached hydrogens (tertiary/aromatic N) is 2. The summed E-state index contributed by atoms with van der Waals surface area (Å²) >= 11 is 0.928. The van der Waals surface area contributed by atoms with Crippen molar-refractivity contribution in [1.29, 1.82) is 0 Å². The molecule has 1 aromatic carbocycles. The maximum atomic E-state index is 12.6. The third kappa shape index (κ3) is 3.54. The minimum absolute atomic E-state index is 0.0107. The van der Waals surface area contributed by atoms with Crippen molar-refractivity contribution < 1.29 is 28.4 Å². The summed E-state index contributed by atoms with van der Waals surface area (Å²) in [5.74, 6) is -1.11. The molecule has 148 valence electrons. The SMILES string of the molecule is O=C(NCCN1C(=O)CSC1=O)c1ccc2c(c1)C(=O)N(Cc1ccco1)C2=O. The Kier molecular flexibility index (Phi) is 4.93. The van der Waals surface area contributed by atoms with Gasteiger partial charge in [-0.1, -0.05) is 11.8 Å². The summed E-state index contributed by atoms with van der Waals surface area (Å²) in [5, 5.41) is 2.28. The van der Waals surface area contributed by atoms with Crippen LogP contribution in [0.2, 0.25) is 0 Å². The van der Waals surface area contributed by atoms with E-state index in [0.29, 0.717) is 5.76 Å². The molecular weight excluding hydrogens is 398 g/mol. The van der Waals surface area contributed by atoms with Gasteiger partial charge in [-0.05, 0) is 30.3 Å². The number of carbonyl (C=O) groups is 5. The van der Waals surface area contributed by atoms with Crippen molar-refractivity contribution >= 4 is 40.6 Å². The molecule has 2 aliphatic rings. The smallest absolute Gasteiger partial charge is 0.288 e. The molecule has 0 atom stereocenters. The first kappa shape index (κ1) is 18.9. The fourth-order valence-electron chi connectivity index (χ4n) is 3.11. The van der Waals surface area contributed by atoms with Crippen molar-refractivity contribution in [3.05, 3.63) is 59.0 Å². The van der Waals surface area contributed by atoms with Gasteiger partial charge in [0.05, 0.1) is 29.7 Å². The Labute approximate surface area is 169 Å². The second-order valence-corrected chi connectivity index (χ2v) is 7.32. The van der Waals surface area contributed by atoms with Crippen LogP contribution in [0.1, 0.15) is 36.8 Å². The summed E-state index contributed by atoms with van der Waals surface area (Å²) in [7, 11) is 0. The van der Waals surface area contributed by atoms with Gasteiger partial charge < -0.3 is 9.73 Å². The van der Waals surface area contributed by atoms with Crippen molar-refractivity contribution in [2.75, 3.05) is 18.8 Å². The van der Waals surface area contributed by atoms with E-state index in [2.05, 4.69) is 5.32 Å². The van der Waals surface area contributed by atoms with E-state index in [0.717, 1.165) is 21.6 Å². The molecule has 0 bridgehead atoms. The van der Waals surface area contributed by atoms with Crippen molar-refractivity contribution in [2.45, 2.75) is 6.54 Å². The van der Waals surface area contributed by atoms with Gasteiger partial charge in [0, 0.05) is 18.7 Å². The number of thioether (sulfide) groups is 1. The second-order valence-electron chi connectivity index (χ2n) is 6.39. The van der Waals surface area contributed by atoms with Gasteiger partial charge in [0.15, 0.2) is 0 Å². The van der Waals surface area contributed by atoms with Crippen LogP contribution in [0.3, 0.4) is 0 Å². The maximum absolute atomic E-state index is 12.6. The van der Waals surface area contributed by atoms with E-state index in [-0.39, 0.29) is 53.2 Å². The molecule has 4 rings (SSSR count). The molecule has 2 aromatic rings. The van der Waals surface area contributed by atoms with Gasteiger partial charge in [-0.2, -0.15) is 0 Å². The Hall–Kier alpha value is -3.40. The first-order valence-corrected chi connectivity index (χ1v) is 9.72. The van der Waals surface area contributed by atoms with Crippen LogP contribution in [-0.2, 0) is 11.3 Å². The number of hydrogen-bond acceptors (Lipinski definition) is 7. The van der Waals surface area contributed by atoms with Crippen molar-refractivity contribution in [1.82, 2.24) is 15.1 Å². The first-order valence-electron chi connectivity index (χ1n) is 8.73. The molecule has 9 nitrogen and oxygen atoms in total.